The quantitative estimate of drug-likeness (QED) is 0.275. The molecule has 0 aliphatic carbocycles. The van der Waals surface area contributed by atoms with Gasteiger partial charge >= 0.3 is 12.1 Å². The molecule has 0 fully saturated rings. The minimum atomic E-state index is -4.54. The smallest absolute Gasteiger partial charge is 0.416 e. The van der Waals surface area contributed by atoms with Crippen molar-refractivity contribution in [1.29, 1.82) is 0 Å². The van der Waals surface area contributed by atoms with Crippen LogP contribution in [0.25, 0.3) is 27.9 Å². The van der Waals surface area contributed by atoms with Crippen LogP contribution in [-0.4, -0.2) is 33.0 Å². The van der Waals surface area contributed by atoms with Gasteiger partial charge in [-0.25, -0.2) is 14.8 Å². The van der Waals surface area contributed by atoms with Gasteiger partial charge in [0.1, 0.15) is 16.9 Å². The fourth-order valence-corrected chi connectivity index (χ4v) is 4.21. The molecule has 0 spiro atoms. The van der Waals surface area contributed by atoms with Gasteiger partial charge in [-0.15, -0.1) is 0 Å². The van der Waals surface area contributed by atoms with E-state index in [2.05, 4.69) is 15.3 Å². The van der Waals surface area contributed by atoms with Crippen LogP contribution in [0.15, 0.2) is 72.8 Å². The zero-order valence-electron chi connectivity index (χ0n) is 20.3. The summed E-state index contributed by atoms with van der Waals surface area (Å²) in [5.41, 5.74) is 1.70. The van der Waals surface area contributed by atoms with Crippen LogP contribution < -0.4 is 5.32 Å². The zero-order valence-corrected chi connectivity index (χ0v) is 20.3. The Labute approximate surface area is 214 Å². The topological polar surface area (TPSA) is 86.1 Å². The van der Waals surface area contributed by atoms with E-state index in [1.807, 2.05) is 0 Å². The highest BCUT2D eigenvalue weighted by atomic mass is 19.4. The fraction of sp³-hybridized carbons (Fsp3) is 0.143. The third kappa shape index (κ3) is 4.45. The van der Waals surface area contributed by atoms with Gasteiger partial charge < -0.3 is 10.1 Å². The van der Waals surface area contributed by atoms with Crippen molar-refractivity contribution < 1.29 is 27.5 Å². The fourth-order valence-electron chi connectivity index (χ4n) is 4.21. The van der Waals surface area contributed by atoms with Crippen LogP contribution in [0.2, 0.25) is 0 Å². The lowest BCUT2D eigenvalue weighted by atomic mass is 10.1. The number of alkyl halides is 3. The molecule has 38 heavy (non-hydrogen) atoms. The summed E-state index contributed by atoms with van der Waals surface area (Å²) in [6, 6.07) is 18.2. The molecule has 0 radical (unpaired) electrons. The molecule has 192 valence electrons. The number of amides is 1. The minimum Gasteiger partial charge on any atom is -0.462 e. The lowest BCUT2D eigenvalue weighted by Gasteiger charge is -2.14. The van der Waals surface area contributed by atoms with E-state index < -0.39 is 23.6 Å². The SMILES string of the molecule is CCOC(=O)c1c(NC(=O)c2ccccc2C)n(-c2ccc(C(F)(F)F)cc2)c2nc3ccccc3nc12. The maximum Gasteiger partial charge on any atom is 0.416 e. The van der Waals surface area contributed by atoms with E-state index >= 15 is 0 Å². The van der Waals surface area contributed by atoms with Crippen molar-refractivity contribution in [2.75, 3.05) is 11.9 Å². The summed E-state index contributed by atoms with van der Waals surface area (Å²) in [7, 11) is 0. The molecular weight excluding hydrogens is 497 g/mol. The summed E-state index contributed by atoms with van der Waals surface area (Å²) < 4.78 is 46.5. The highest BCUT2D eigenvalue weighted by Gasteiger charge is 2.32. The number of anilines is 1. The number of ether oxygens (including phenoxy) is 1. The predicted octanol–water partition coefficient (Wildman–Crippen LogP) is 6.33. The van der Waals surface area contributed by atoms with E-state index in [-0.39, 0.29) is 34.8 Å². The Morgan fingerprint density at radius 3 is 2.18 bits per heavy atom. The molecule has 0 aliphatic heterocycles. The van der Waals surface area contributed by atoms with Crippen molar-refractivity contribution in [2.45, 2.75) is 20.0 Å². The van der Waals surface area contributed by atoms with Crippen LogP contribution in [0.5, 0.6) is 0 Å². The number of aryl methyl sites for hydroxylation is 1. The second-order valence-corrected chi connectivity index (χ2v) is 8.48. The van der Waals surface area contributed by atoms with Gasteiger partial charge in [-0.05, 0) is 61.9 Å². The van der Waals surface area contributed by atoms with Gasteiger partial charge in [0.2, 0.25) is 0 Å². The lowest BCUT2D eigenvalue weighted by molar-refractivity contribution is -0.137. The number of benzene rings is 3. The largest absolute Gasteiger partial charge is 0.462 e. The molecule has 7 nitrogen and oxygen atoms in total. The van der Waals surface area contributed by atoms with Crippen LogP contribution >= 0.6 is 0 Å². The third-order valence-corrected chi connectivity index (χ3v) is 6.02. The Morgan fingerprint density at radius 1 is 0.921 bits per heavy atom. The standard InChI is InChI=1S/C28H21F3N4O3/c1-3-38-27(37)22-23-25(33-21-11-7-6-10-20(21)32-23)35(18-14-12-17(13-15-18)28(29,30)31)24(22)34-26(36)19-9-5-4-8-16(19)2/h4-15H,3H2,1-2H3,(H,34,36). The minimum absolute atomic E-state index is 0.0123. The Balaban J connectivity index is 1.81. The highest BCUT2D eigenvalue weighted by molar-refractivity contribution is 6.14. The number of nitrogens with one attached hydrogen (secondary N) is 1. The van der Waals surface area contributed by atoms with Gasteiger partial charge in [0.25, 0.3) is 5.91 Å². The Morgan fingerprint density at radius 2 is 1.55 bits per heavy atom. The van der Waals surface area contributed by atoms with Gasteiger partial charge in [0.15, 0.2) is 5.65 Å². The average molecular weight is 518 g/mol. The van der Waals surface area contributed by atoms with E-state index in [4.69, 9.17) is 4.74 Å². The third-order valence-electron chi connectivity index (χ3n) is 6.02. The number of carbonyl (C=O) groups is 2. The highest BCUT2D eigenvalue weighted by Crippen LogP contribution is 2.35. The number of rotatable bonds is 5. The number of para-hydroxylation sites is 2. The van der Waals surface area contributed by atoms with Gasteiger partial charge in [-0.3, -0.25) is 9.36 Å². The van der Waals surface area contributed by atoms with Crippen LogP contribution in [-0.2, 0) is 10.9 Å². The van der Waals surface area contributed by atoms with E-state index in [0.717, 1.165) is 12.1 Å². The zero-order chi connectivity index (χ0) is 27.0. The number of fused-ring (bicyclic) bond motifs is 2. The average Bonchev–Trinajstić information content (AvgIpc) is 3.19. The van der Waals surface area contributed by atoms with Crippen molar-refractivity contribution in [3.05, 3.63) is 95.1 Å². The first-order valence-corrected chi connectivity index (χ1v) is 11.7. The molecule has 0 saturated carbocycles. The molecule has 0 saturated heterocycles. The number of halogens is 3. The van der Waals surface area contributed by atoms with Crippen LogP contribution in [0.3, 0.4) is 0 Å². The maximum atomic E-state index is 13.4. The Hall–Kier alpha value is -4.73. The summed E-state index contributed by atoms with van der Waals surface area (Å²) in [5.74, 6) is -1.29. The molecule has 0 unspecified atom stereocenters. The van der Waals surface area contributed by atoms with E-state index in [0.29, 0.717) is 22.2 Å². The Kier molecular flexibility index (Phi) is 6.31. The molecule has 5 rings (SSSR count). The van der Waals surface area contributed by atoms with Gasteiger partial charge in [-0.1, -0.05) is 30.3 Å². The van der Waals surface area contributed by atoms with Gasteiger partial charge in [0, 0.05) is 11.3 Å². The lowest BCUT2D eigenvalue weighted by Crippen LogP contribution is -2.19. The first-order chi connectivity index (χ1) is 18.2. The van der Waals surface area contributed by atoms with Gasteiger partial charge in [0.05, 0.1) is 23.2 Å². The monoisotopic (exact) mass is 518 g/mol. The van der Waals surface area contributed by atoms with Crippen LogP contribution in [0.4, 0.5) is 19.0 Å². The number of hydrogen-bond donors (Lipinski definition) is 1. The number of esters is 1. The number of aromatic nitrogens is 3. The summed E-state index contributed by atoms with van der Waals surface area (Å²) >= 11 is 0. The van der Waals surface area contributed by atoms with Crippen molar-refractivity contribution in [1.82, 2.24) is 14.5 Å². The first kappa shape index (κ1) is 24.9. The number of hydrogen-bond acceptors (Lipinski definition) is 5. The Bertz CT molecular complexity index is 1690. The molecule has 1 N–H and O–H groups in total. The molecule has 3 aromatic carbocycles. The van der Waals surface area contributed by atoms with Crippen LogP contribution in [0, 0.1) is 6.92 Å². The summed E-state index contributed by atoms with van der Waals surface area (Å²) in [6.45, 7) is 3.46. The molecule has 10 heteroatoms. The molecule has 1 amide bonds. The summed E-state index contributed by atoms with van der Waals surface area (Å²) in [6.07, 6.45) is -4.54. The number of nitrogens with zero attached hydrogens (tertiary/aromatic N) is 3. The predicted molar refractivity (Wildman–Crippen MR) is 136 cm³/mol. The molecule has 0 atom stereocenters. The first-order valence-electron chi connectivity index (χ1n) is 11.7. The van der Waals surface area contributed by atoms with Crippen molar-refractivity contribution in [2.24, 2.45) is 0 Å². The van der Waals surface area contributed by atoms with E-state index in [1.54, 1.807) is 62.4 Å². The normalized spacial score (nSPS) is 11.6. The van der Waals surface area contributed by atoms with Crippen molar-refractivity contribution in [3.63, 3.8) is 0 Å². The van der Waals surface area contributed by atoms with Crippen LogP contribution in [0.1, 0.15) is 38.8 Å². The maximum absolute atomic E-state index is 13.4. The molecule has 2 heterocycles. The molecule has 2 aromatic heterocycles. The van der Waals surface area contributed by atoms with Crippen molar-refractivity contribution in [3.8, 4) is 5.69 Å². The van der Waals surface area contributed by atoms with Gasteiger partial charge in [-0.2, -0.15) is 13.2 Å². The van der Waals surface area contributed by atoms with E-state index in [9.17, 15) is 22.8 Å². The summed E-state index contributed by atoms with van der Waals surface area (Å²) in [5, 5.41) is 2.78. The second kappa shape index (κ2) is 9.62. The van der Waals surface area contributed by atoms with E-state index in [1.165, 1.54) is 16.7 Å². The van der Waals surface area contributed by atoms with Crippen molar-refractivity contribution >= 4 is 39.9 Å². The second-order valence-electron chi connectivity index (χ2n) is 8.48. The molecule has 0 aliphatic rings. The molecule has 0 bridgehead atoms. The molecule has 5 aromatic rings. The number of carbonyl (C=O) groups excluding carboxylic acids is 2. The molecular formula is C28H21F3N4O3. The summed E-state index contributed by atoms with van der Waals surface area (Å²) in [4.78, 5) is 35.9.